The summed E-state index contributed by atoms with van der Waals surface area (Å²) in [6, 6.07) is 18.3. The van der Waals surface area contributed by atoms with E-state index < -0.39 is 0 Å². The highest BCUT2D eigenvalue weighted by Gasteiger charge is 2.26. The van der Waals surface area contributed by atoms with Crippen LogP contribution < -0.4 is 19.5 Å². The van der Waals surface area contributed by atoms with Gasteiger partial charge in [-0.25, -0.2) is 0 Å². The van der Waals surface area contributed by atoms with Gasteiger partial charge in [-0.1, -0.05) is 42.5 Å². The monoisotopic (exact) mass is 434 g/mol. The zero-order valence-corrected chi connectivity index (χ0v) is 18.9. The predicted molar refractivity (Wildman–Crippen MR) is 126 cm³/mol. The smallest absolute Gasteiger partial charge is 0.251 e. The molecule has 0 spiro atoms. The summed E-state index contributed by atoms with van der Waals surface area (Å²) in [7, 11) is 4.64. The molecule has 6 nitrogen and oxygen atoms in total. The third-order valence-electron chi connectivity index (χ3n) is 6.15. The molecule has 0 aromatic heterocycles. The topological polar surface area (TPSA) is 60.0 Å². The third-order valence-corrected chi connectivity index (χ3v) is 6.15. The standard InChI is InChI=1S/C26H30N2O4/c1-30-23-15-19(16-24(31-2)25(23)32-3)26(29)27-17-22(28-13-6-7-14-28)21-12-8-10-18-9-4-5-11-20(18)21/h4-5,8-12,15-16,22H,6-7,13-14,17H2,1-3H3,(H,27,29)/t22-/m0/s1. The van der Waals surface area contributed by atoms with E-state index in [1.54, 1.807) is 33.5 Å². The first-order valence-electron chi connectivity index (χ1n) is 11.0. The van der Waals surface area contributed by atoms with Crippen LogP contribution in [0.5, 0.6) is 17.2 Å². The molecule has 1 aliphatic rings. The second-order valence-corrected chi connectivity index (χ2v) is 7.95. The predicted octanol–water partition coefficient (Wildman–Crippen LogP) is 4.43. The first-order valence-corrected chi connectivity index (χ1v) is 11.0. The van der Waals surface area contributed by atoms with E-state index >= 15 is 0 Å². The van der Waals surface area contributed by atoms with Crippen LogP contribution in [0.3, 0.4) is 0 Å². The van der Waals surface area contributed by atoms with E-state index in [-0.39, 0.29) is 11.9 Å². The minimum Gasteiger partial charge on any atom is -0.493 e. The third kappa shape index (κ3) is 4.36. The van der Waals surface area contributed by atoms with E-state index in [1.165, 1.54) is 29.2 Å². The molecule has 1 N–H and O–H groups in total. The molecule has 0 radical (unpaired) electrons. The molecule has 168 valence electrons. The molecule has 1 fully saturated rings. The average Bonchev–Trinajstić information content (AvgIpc) is 3.37. The number of methoxy groups -OCH3 is 3. The van der Waals surface area contributed by atoms with Crippen LogP contribution in [0, 0.1) is 0 Å². The number of fused-ring (bicyclic) bond motifs is 1. The molecule has 0 bridgehead atoms. The highest BCUT2D eigenvalue weighted by atomic mass is 16.5. The zero-order chi connectivity index (χ0) is 22.5. The van der Waals surface area contributed by atoms with Gasteiger partial charge in [-0.2, -0.15) is 0 Å². The number of nitrogens with zero attached hydrogens (tertiary/aromatic N) is 1. The zero-order valence-electron chi connectivity index (χ0n) is 18.9. The van der Waals surface area contributed by atoms with Crippen molar-refractivity contribution in [3.05, 3.63) is 65.7 Å². The van der Waals surface area contributed by atoms with Gasteiger partial charge in [0.2, 0.25) is 5.75 Å². The maximum absolute atomic E-state index is 13.1. The average molecular weight is 435 g/mol. The molecule has 1 amide bonds. The Bertz CT molecular complexity index is 1060. The Kier molecular flexibility index (Phi) is 6.81. The van der Waals surface area contributed by atoms with Crippen molar-refractivity contribution in [2.75, 3.05) is 41.0 Å². The Morgan fingerprint density at radius 1 is 0.938 bits per heavy atom. The highest BCUT2D eigenvalue weighted by Crippen LogP contribution is 2.38. The Balaban J connectivity index is 1.61. The van der Waals surface area contributed by atoms with Crippen LogP contribution in [0.25, 0.3) is 10.8 Å². The normalized spacial score (nSPS) is 14.8. The molecular weight excluding hydrogens is 404 g/mol. The minimum absolute atomic E-state index is 0.106. The maximum atomic E-state index is 13.1. The molecule has 32 heavy (non-hydrogen) atoms. The second kappa shape index (κ2) is 9.92. The number of ether oxygens (including phenoxy) is 3. The number of nitrogens with one attached hydrogen (secondary N) is 1. The molecule has 1 heterocycles. The molecule has 6 heteroatoms. The van der Waals surface area contributed by atoms with Gasteiger partial charge in [0, 0.05) is 12.1 Å². The van der Waals surface area contributed by atoms with Crippen molar-refractivity contribution in [3.8, 4) is 17.2 Å². The van der Waals surface area contributed by atoms with E-state index in [9.17, 15) is 4.79 Å². The summed E-state index contributed by atoms with van der Waals surface area (Å²) in [5.41, 5.74) is 1.72. The van der Waals surface area contributed by atoms with Gasteiger partial charge in [-0.05, 0) is 54.4 Å². The van der Waals surface area contributed by atoms with E-state index in [0.717, 1.165) is 13.1 Å². The largest absolute Gasteiger partial charge is 0.493 e. The molecular formula is C26H30N2O4. The van der Waals surface area contributed by atoms with Gasteiger partial charge in [0.1, 0.15) is 0 Å². The number of carbonyl (C=O) groups excluding carboxylic acids is 1. The number of hydrogen-bond donors (Lipinski definition) is 1. The van der Waals surface area contributed by atoms with Crippen LogP contribution in [0.4, 0.5) is 0 Å². The van der Waals surface area contributed by atoms with Crippen molar-refractivity contribution in [2.24, 2.45) is 0 Å². The van der Waals surface area contributed by atoms with Crippen LogP contribution in [-0.2, 0) is 0 Å². The van der Waals surface area contributed by atoms with Gasteiger partial charge in [-0.3, -0.25) is 9.69 Å². The van der Waals surface area contributed by atoms with E-state index in [1.807, 2.05) is 0 Å². The highest BCUT2D eigenvalue weighted by molar-refractivity contribution is 5.95. The van der Waals surface area contributed by atoms with E-state index in [4.69, 9.17) is 14.2 Å². The first kappa shape index (κ1) is 22.0. The number of hydrogen-bond acceptors (Lipinski definition) is 5. The van der Waals surface area contributed by atoms with E-state index in [2.05, 4.69) is 52.7 Å². The van der Waals surface area contributed by atoms with Gasteiger partial charge in [-0.15, -0.1) is 0 Å². The summed E-state index contributed by atoms with van der Waals surface area (Å²) in [5, 5.41) is 5.59. The van der Waals surface area contributed by atoms with Crippen LogP contribution in [-0.4, -0.2) is 51.8 Å². The molecule has 0 aliphatic carbocycles. The maximum Gasteiger partial charge on any atom is 0.251 e. The molecule has 0 unspecified atom stereocenters. The lowest BCUT2D eigenvalue weighted by Gasteiger charge is -2.29. The van der Waals surface area contributed by atoms with E-state index in [0.29, 0.717) is 29.4 Å². The summed E-state index contributed by atoms with van der Waals surface area (Å²) < 4.78 is 16.2. The van der Waals surface area contributed by atoms with Crippen molar-refractivity contribution in [1.82, 2.24) is 10.2 Å². The molecule has 3 aromatic rings. The number of likely N-dealkylation sites (tertiary alicyclic amines) is 1. The summed E-state index contributed by atoms with van der Waals surface area (Å²) in [5.74, 6) is 1.22. The summed E-state index contributed by atoms with van der Waals surface area (Å²) >= 11 is 0. The Labute approximate surface area is 189 Å². The molecule has 1 saturated heterocycles. The van der Waals surface area contributed by atoms with Gasteiger partial charge in [0.05, 0.1) is 27.4 Å². The molecule has 1 aliphatic heterocycles. The number of benzene rings is 3. The van der Waals surface area contributed by atoms with Crippen LogP contribution in [0.15, 0.2) is 54.6 Å². The molecule has 1 atom stereocenters. The quantitative estimate of drug-likeness (QED) is 0.568. The Morgan fingerprint density at radius 2 is 1.59 bits per heavy atom. The Morgan fingerprint density at radius 3 is 2.25 bits per heavy atom. The Hall–Kier alpha value is -3.25. The van der Waals surface area contributed by atoms with Crippen molar-refractivity contribution >= 4 is 16.7 Å². The van der Waals surface area contributed by atoms with Gasteiger partial charge in [0.25, 0.3) is 5.91 Å². The van der Waals surface area contributed by atoms with Crippen LogP contribution >= 0.6 is 0 Å². The lowest BCUT2D eigenvalue weighted by molar-refractivity contribution is 0.0937. The molecule has 4 rings (SSSR count). The van der Waals surface area contributed by atoms with Crippen molar-refractivity contribution in [2.45, 2.75) is 18.9 Å². The summed E-state index contributed by atoms with van der Waals surface area (Å²) in [6.07, 6.45) is 2.37. The SMILES string of the molecule is COc1cc(C(=O)NC[C@@H](c2cccc3ccccc23)N2CCCC2)cc(OC)c1OC. The van der Waals surface area contributed by atoms with Crippen molar-refractivity contribution in [1.29, 1.82) is 0 Å². The van der Waals surface area contributed by atoms with Gasteiger partial charge < -0.3 is 19.5 Å². The minimum atomic E-state index is -0.173. The fourth-order valence-corrected chi connectivity index (χ4v) is 4.53. The van der Waals surface area contributed by atoms with Gasteiger partial charge in [0.15, 0.2) is 11.5 Å². The molecule has 0 saturated carbocycles. The van der Waals surface area contributed by atoms with Crippen LogP contribution in [0.2, 0.25) is 0 Å². The number of amides is 1. The van der Waals surface area contributed by atoms with Crippen molar-refractivity contribution in [3.63, 3.8) is 0 Å². The summed E-state index contributed by atoms with van der Waals surface area (Å²) in [6.45, 7) is 2.59. The number of carbonyl (C=O) groups is 1. The summed E-state index contributed by atoms with van der Waals surface area (Å²) in [4.78, 5) is 15.6. The lowest BCUT2D eigenvalue weighted by atomic mass is 9.97. The van der Waals surface area contributed by atoms with Crippen molar-refractivity contribution < 1.29 is 19.0 Å². The van der Waals surface area contributed by atoms with Gasteiger partial charge >= 0.3 is 0 Å². The van der Waals surface area contributed by atoms with Crippen LogP contribution in [0.1, 0.15) is 34.8 Å². The lowest BCUT2D eigenvalue weighted by Crippen LogP contribution is -2.37. The first-order chi connectivity index (χ1) is 15.7. The fraction of sp³-hybridized carbons (Fsp3) is 0.346. The molecule has 3 aromatic carbocycles. The second-order valence-electron chi connectivity index (χ2n) is 7.95. The number of rotatable bonds is 8. The fourth-order valence-electron chi connectivity index (χ4n) is 4.53.